The highest BCUT2D eigenvalue weighted by Crippen LogP contribution is 2.16. The molecule has 0 atom stereocenters. The molecule has 0 radical (unpaired) electrons. The Bertz CT molecular complexity index is 842. The van der Waals surface area contributed by atoms with Gasteiger partial charge in [-0.25, -0.2) is 12.7 Å². The van der Waals surface area contributed by atoms with Gasteiger partial charge in [0.2, 0.25) is 21.8 Å². The van der Waals surface area contributed by atoms with Gasteiger partial charge < -0.3 is 10.2 Å². The lowest BCUT2D eigenvalue weighted by molar-refractivity contribution is -0.132. The van der Waals surface area contributed by atoms with Gasteiger partial charge in [-0.1, -0.05) is 0 Å². The summed E-state index contributed by atoms with van der Waals surface area (Å²) in [5.74, 6) is 0.0678. The topological polar surface area (TPSA) is 93.3 Å². The predicted octanol–water partition coefficient (Wildman–Crippen LogP) is 0.115. The molecule has 9 nitrogen and oxygen atoms in total. The summed E-state index contributed by atoms with van der Waals surface area (Å²) in [6, 6.07) is 6.16. The van der Waals surface area contributed by atoms with Crippen LogP contribution in [-0.4, -0.2) is 106 Å². The number of carbonyl (C=O) groups excluding carboxylic acids is 2. The lowest BCUT2D eigenvalue weighted by Crippen LogP contribution is -2.51. The predicted molar refractivity (Wildman–Crippen MR) is 115 cm³/mol. The second-order valence-electron chi connectivity index (χ2n) is 8.00. The van der Waals surface area contributed by atoms with Gasteiger partial charge in [0.1, 0.15) is 0 Å². The van der Waals surface area contributed by atoms with Crippen molar-refractivity contribution < 1.29 is 18.0 Å². The summed E-state index contributed by atoms with van der Waals surface area (Å²) in [5, 5.41) is 2.81. The Balaban J connectivity index is 1.42. The van der Waals surface area contributed by atoms with Gasteiger partial charge >= 0.3 is 0 Å². The summed E-state index contributed by atoms with van der Waals surface area (Å²) < 4.78 is 25.4. The van der Waals surface area contributed by atoms with E-state index in [0.717, 1.165) is 56.4 Å². The van der Waals surface area contributed by atoms with Crippen molar-refractivity contribution in [2.75, 3.05) is 71.8 Å². The third-order valence-corrected chi connectivity index (χ3v) is 7.40. The van der Waals surface area contributed by atoms with Crippen LogP contribution in [0.15, 0.2) is 29.2 Å². The molecule has 10 heteroatoms. The lowest BCUT2D eigenvalue weighted by Gasteiger charge is -2.34. The van der Waals surface area contributed by atoms with E-state index in [1.54, 1.807) is 12.1 Å². The van der Waals surface area contributed by atoms with Crippen molar-refractivity contribution in [3.8, 4) is 0 Å². The van der Waals surface area contributed by atoms with Gasteiger partial charge in [-0.3, -0.25) is 19.4 Å². The number of likely N-dealkylation sites (tertiary alicyclic amines) is 1. The zero-order valence-corrected chi connectivity index (χ0v) is 18.5. The van der Waals surface area contributed by atoms with Gasteiger partial charge in [-0.05, 0) is 37.1 Å². The number of nitrogens with zero attached hydrogens (tertiary/aromatic N) is 4. The van der Waals surface area contributed by atoms with E-state index in [2.05, 4.69) is 15.1 Å². The third-order valence-electron chi connectivity index (χ3n) is 5.57. The van der Waals surface area contributed by atoms with Crippen molar-refractivity contribution in [1.29, 1.82) is 0 Å². The van der Waals surface area contributed by atoms with Crippen LogP contribution in [0.3, 0.4) is 0 Å². The molecule has 0 bridgehead atoms. The molecule has 0 spiro atoms. The average molecular weight is 438 g/mol. The van der Waals surface area contributed by atoms with Crippen LogP contribution >= 0.6 is 0 Å². The van der Waals surface area contributed by atoms with Crippen LogP contribution in [-0.2, 0) is 19.6 Å². The first-order valence-electron chi connectivity index (χ1n) is 10.3. The Morgan fingerprint density at radius 1 is 0.900 bits per heavy atom. The molecular weight excluding hydrogens is 406 g/mol. The number of carbonyl (C=O) groups is 2. The fraction of sp³-hybridized carbons (Fsp3) is 0.600. The van der Waals surface area contributed by atoms with Crippen molar-refractivity contribution in [3.63, 3.8) is 0 Å². The van der Waals surface area contributed by atoms with Crippen LogP contribution < -0.4 is 5.32 Å². The number of amides is 2. The van der Waals surface area contributed by atoms with E-state index in [1.807, 2.05) is 4.90 Å². The molecule has 2 amide bonds. The van der Waals surface area contributed by atoms with E-state index >= 15 is 0 Å². The first kappa shape index (κ1) is 22.7. The molecule has 3 rings (SSSR count). The van der Waals surface area contributed by atoms with E-state index in [4.69, 9.17) is 0 Å². The molecule has 2 saturated heterocycles. The van der Waals surface area contributed by atoms with Crippen LogP contribution in [0, 0.1) is 0 Å². The summed E-state index contributed by atoms with van der Waals surface area (Å²) in [4.78, 5) is 31.0. The van der Waals surface area contributed by atoms with Crippen LogP contribution in [0.1, 0.15) is 12.8 Å². The summed E-state index contributed by atoms with van der Waals surface area (Å²) >= 11 is 0. The Labute approximate surface area is 178 Å². The highest BCUT2D eigenvalue weighted by molar-refractivity contribution is 7.89. The number of hydrogen-bond acceptors (Lipinski definition) is 6. The molecule has 30 heavy (non-hydrogen) atoms. The quantitative estimate of drug-likeness (QED) is 0.651. The van der Waals surface area contributed by atoms with E-state index in [1.165, 1.54) is 26.2 Å². The number of anilines is 1. The Morgan fingerprint density at radius 2 is 1.43 bits per heavy atom. The minimum absolute atomic E-state index is 0.139. The molecule has 0 aliphatic carbocycles. The van der Waals surface area contributed by atoms with Gasteiger partial charge in [-0.15, -0.1) is 0 Å². The molecule has 1 N–H and O–H groups in total. The van der Waals surface area contributed by atoms with Crippen molar-refractivity contribution in [2.45, 2.75) is 17.7 Å². The average Bonchev–Trinajstić information content (AvgIpc) is 3.25. The number of hydrogen-bond donors (Lipinski definition) is 1. The summed E-state index contributed by atoms with van der Waals surface area (Å²) in [6.07, 6.45) is 2.20. The second kappa shape index (κ2) is 9.86. The smallest absolute Gasteiger partial charge is 0.242 e. The summed E-state index contributed by atoms with van der Waals surface area (Å²) in [5.41, 5.74) is 0.563. The molecule has 1 aromatic rings. The van der Waals surface area contributed by atoms with E-state index in [-0.39, 0.29) is 23.3 Å². The highest BCUT2D eigenvalue weighted by Gasteiger charge is 2.24. The zero-order chi connectivity index (χ0) is 21.7. The first-order valence-corrected chi connectivity index (χ1v) is 11.7. The van der Waals surface area contributed by atoms with Crippen molar-refractivity contribution >= 4 is 27.5 Å². The van der Waals surface area contributed by atoms with Crippen LogP contribution in [0.2, 0.25) is 0 Å². The summed E-state index contributed by atoms with van der Waals surface area (Å²) in [7, 11) is -0.525. The van der Waals surface area contributed by atoms with Gasteiger partial charge in [-0.2, -0.15) is 0 Å². The van der Waals surface area contributed by atoms with Crippen molar-refractivity contribution in [1.82, 2.24) is 19.0 Å². The molecule has 0 aromatic heterocycles. The number of nitrogens with one attached hydrogen (secondary N) is 1. The number of sulfonamides is 1. The van der Waals surface area contributed by atoms with Crippen LogP contribution in [0.5, 0.6) is 0 Å². The van der Waals surface area contributed by atoms with Gasteiger partial charge in [0.25, 0.3) is 0 Å². The maximum atomic E-state index is 12.4. The molecule has 2 aliphatic rings. The van der Waals surface area contributed by atoms with E-state index in [9.17, 15) is 18.0 Å². The Morgan fingerprint density at radius 3 is 1.97 bits per heavy atom. The van der Waals surface area contributed by atoms with Gasteiger partial charge in [0.05, 0.1) is 18.0 Å². The maximum absolute atomic E-state index is 12.4. The number of piperazine rings is 1. The number of benzene rings is 1. The van der Waals surface area contributed by atoms with Gasteiger partial charge in [0.15, 0.2) is 0 Å². The van der Waals surface area contributed by atoms with E-state index in [0.29, 0.717) is 12.2 Å². The van der Waals surface area contributed by atoms with Gasteiger partial charge in [0, 0.05) is 59.1 Å². The summed E-state index contributed by atoms with van der Waals surface area (Å²) in [6.45, 7) is 5.49. The Hall–Kier alpha value is -2.01. The highest BCUT2D eigenvalue weighted by atomic mass is 32.2. The fourth-order valence-corrected chi connectivity index (χ4v) is 4.59. The molecule has 0 saturated carbocycles. The molecule has 1 aromatic carbocycles. The van der Waals surface area contributed by atoms with Crippen molar-refractivity contribution in [3.05, 3.63) is 24.3 Å². The molecule has 0 unspecified atom stereocenters. The molecule has 2 fully saturated rings. The molecule has 2 heterocycles. The minimum atomic E-state index is -3.48. The fourth-order valence-electron chi connectivity index (χ4n) is 3.69. The lowest BCUT2D eigenvalue weighted by atomic mass is 10.3. The van der Waals surface area contributed by atoms with E-state index < -0.39 is 10.0 Å². The maximum Gasteiger partial charge on any atom is 0.242 e. The second-order valence-corrected chi connectivity index (χ2v) is 10.2. The SMILES string of the molecule is CN(C)S(=O)(=O)c1ccc(NC(=O)CN2CCN(CC(=O)N3CCCC3)CC2)cc1. The van der Waals surface area contributed by atoms with Crippen LogP contribution in [0.25, 0.3) is 0 Å². The largest absolute Gasteiger partial charge is 0.342 e. The zero-order valence-electron chi connectivity index (χ0n) is 17.7. The standard InChI is InChI=1S/C20H31N5O4S/c1-22(2)30(28,29)18-7-5-17(6-8-18)21-19(26)15-23-11-13-24(14-12-23)16-20(27)25-9-3-4-10-25/h5-8H,3-4,9-16H2,1-2H3,(H,21,26). The third kappa shape index (κ3) is 5.78. The monoisotopic (exact) mass is 437 g/mol. The minimum Gasteiger partial charge on any atom is -0.342 e. The van der Waals surface area contributed by atoms with Crippen molar-refractivity contribution in [2.24, 2.45) is 0 Å². The molecule has 166 valence electrons. The first-order chi connectivity index (χ1) is 14.3. The number of rotatable bonds is 7. The molecular formula is C20H31N5O4S. The normalized spacial score (nSPS) is 18.7. The Kier molecular flexibility index (Phi) is 7.45. The van der Waals surface area contributed by atoms with Crippen LogP contribution in [0.4, 0.5) is 5.69 Å². The molecule has 2 aliphatic heterocycles.